The number of hydrogen-bond acceptors (Lipinski definition) is 3. The summed E-state index contributed by atoms with van der Waals surface area (Å²) in [6, 6.07) is 8.45. The molecule has 3 heteroatoms. The van der Waals surface area contributed by atoms with E-state index in [1.54, 1.807) is 7.11 Å². The van der Waals surface area contributed by atoms with E-state index in [1.165, 1.54) is 11.1 Å². The van der Waals surface area contributed by atoms with Gasteiger partial charge in [-0.3, -0.25) is 9.59 Å². The van der Waals surface area contributed by atoms with Crippen molar-refractivity contribution < 1.29 is 14.3 Å². The second-order valence-electron chi connectivity index (χ2n) is 9.37. The van der Waals surface area contributed by atoms with Crippen LogP contribution in [0.2, 0.25) is 0 Å². The number of carbonyl (C=O) groups excluding carboxylic acids is 2. The first kappa shape index (κ1) is 17.9. The molecular formula is C25H28O3. The third-order valence-electron chi connectivity index (χ3n) is 8.09. The van der Waals surface area contributed by atoms with Gasteiger partial charge in [-0.1, -0.05) is 36.8 Å². The molecule has 0 radical (unpaired) electrons. The summed E-state index contributed by atoms with van der Waals surface area (Å²) in [7, 11) is 1.69. The van der Waals surface area contributed by atoms with E-state index < -0.39 is 0 Å². The summed E-state index contributed by atoms with van der Waals surface area (Å²) in [4.78, 5) is 24.9. The summed E-state index contributed by atoms with van der Waals surface area (Å²) in [6.45, 7) is 2.18. The Balaban J connectivity index is 1.59. The smallest absolute Gasteiger partial charge is 0.161 e. The zero-order chi connectivity index (χ0) is 19.5. The Kier molecular flexibility index (Phi) is 4.12. The van der Waals surface area contributed by atoms with Crippen LogP contribution in [0, 0.1) is 29.1 Å². The van der Waals surface area contributed by atoms with Crippen molar-refractivity contribution in [2.45, 2.75) is 44.9 Å². The van der Waals surface area contributed by atoms with Gasteiger partial charge in [-0.05, 0) is 72.6 Å². The van der Waals surface area contributed by atoms with Gasteiger partial charge in [0.2, 0.25) is 0 Å². The molecule has 1 aromatic rings. The predicted octanol–water partition coefficient (Wildman–Crippen LogP) is 4.88. The Hall–Kier alpha value is -2.16. The standard InChI is InChI=1S/C25H28O3/c1-25-14-21(15-3-7-18(28-2)8-4-15)24-19-10-6-17(26)13-16(19)5-9-20(24)22(25)11-12-23(25)27/h3-5,7-8,11-12,19-22,24H,6,9-10,13-14H2,1-2H3/t19-,20-,21+,22-,24+,25-/m0/s1. The quantitative estimate of drug-likeness (QED) is 0.691. The molecule has 6 atom stereocenters. The molecule has 0 spiro atoms. The predicted molar refractivity (Wildman–Crippen MR) is 108 cm³/mol. The van der Waals surface area contributed by atoms with Crippen LogP contribution in [0.4, 0.5) is 0 Å². The molecule has 0 saturated heterocycles. The van der Waals surface area contributed by atoms with Crippen molar-refractivity contribution in [2.24, 2.45) is 29.1 Å². The fourth-order valence-electron chi connectivity index (χ4n) is 6.71. The van der Waals surface area contributed by atoms with E-state index >= 15 is 0 Å². The van der Waals surface area contributed by atoms with Crippen LogP contribution in [0.3, 0.4) is 0 Å². The van der Waals surface area contributed by atoms with Crippen molar-refractivity contribution in [3.8, 4) is 5.75 Å². The zero-order valence-electron chi connectivity index (χ0n) is 16.7. The Morgan fingerprint density at radius 1 is 1.11 bits per heavy atom. The Labute approximate surface area is 166 Å². The maximum atomic E-state index is 12.8. The van der Waals surface area contributed by atoms with Gasteiger partial charge in [0.25, 0.3) is 0 Å². The molecule has 2 saturated carbocycles. The van der Waals surface area contributed by atoms with Crippen LogP contribution in [0.25, 0.3) is 0 Å². The molecule has 0 bridgehead atoms. The third-order valence-corrected chi connectivity index (χ3v) is 8.09. The fourth-order valence-corrected chi connectivity index (χ4v) is 6.71. The lowest BCUT2D eigenvalue weighted by Gasteiger charge is -2.54. The molecule has 4 aliphatic carbocycles. The summed E-state index contributed by atoms with van der Waals surface area (Å²) in [5.41, 5.74) is 2.39. The summed E-state index contributed by atoms with van der Waals surface area (Å²) in [5.74, 6) is 3.70. The van der Waals surface area contributed by atoms with Crippen molar-refractivity contribution in [3.63, 3.8) is 0 Å². The highest BCUT2D eigenvalue weighted by Crippen LogP contribution is 2.62. The van der Waals surface area contributed by atoms with Crippen molar-refractivity contribution >= 4 is 11.6 Å². The summed E-state index contributed by atoms with van der Waals surface area (Å²) in [6.07, 6.45) is 10.6. The molecule has 0 amide bonds. The Morgan fingerprint density at radius 2 is 1.89 bits per heavy atom. The lowest BCUT2D eigenvalue weighted by molar-refractivity contribution is -0.129. The number of hydrogen-bond donors (Lipinski definition) is 0. The molecule has 146 valence electrons. The maximum absolute atomic E-state index is 12.8. The number of ketones is 2. The molecule has 3 nitrogen and oxygen atoms in total. The van der Waals surface area contributed by atoms with Gasteiger partial charge in [0.1, 0.15) is 11.5 Å². The molecule has 0 aliphatic heterocycles. The second-order valence-corrected chi connectivity index (χ2v) is 9.37. The van der Waals surface area contributed by atoms with E-state index in [2.05, 4.69) is 31.2 Å². The van der Waals surface area contributed by atoms with E-state index in [9.17, 15) is 9.59 Å². The number of ether oxygens (including phenoxy) is 1. The SMILES string of the molecule is COc1ccc([C@H]2C[C@]3(C)C(=O)C=C[C@H]3[C@@H]3CC=C4CC(=O)CC[C@@H]4[C@H]32)cc1. The lowest BCUT2D eigenvalue weighted by Crippen LogP contribution is -2.50. The molecule has 0 heterocycles. The summed E-state index contributed by atoms with van der Waals surface area (Å²) in [5, 5.41) is 0. The molecule has 28 heavy (non-hydrogen) atoms. The van der Waals surface area contributed by atoms with Crippen LogP contribution in [-0.2, 0) is 9.59 Å². The average Bonchev–Trinajstić information content (AvgIpc) is 3.01. The van der Waals surface area contributed by atoms with Crippen molar-refractivity contribution in [3.05, 3.63) is 53.6 Å². The highest BCUT2D eigenvalue weighted by Gasteiger charge is 2.57. The van der Waals surface area contributed by atoms with Crippen molar-refractivity contribution in [1.29, 1.82) is 0 Å². The van der Waals surface area contributed by atoms with Gasteiger partial charge in [0.15, 0.2) is 5.78 Å². The first-order chi connectivity index (χ1) is 13.5. The van der Waals surface area contributed by atoms with E-state index in [-0.39, 0.29) is 5.41 Å². The minimum absolute atomic E-state index is 0.290. The van der Waals surface area contributed by atoms with Gasteiger partial charge in [-0.15, -0.1) is 0 Å². The number of methoxy groups -OCH3 is 1. The van der Waals surface area contributed by atoms with E-state index in [4.69, 9.17) is 4.74 Å². The maximum Gasteiger partial charge on any atom is 0.161 e. The highest BCUT2D eigenvalue weighted by atomic mass is 16.5. The van der Waals surface area contributed by atoms with Crippen LogP contribution in [0.15, 0.2) is 48.1 Å². The molecule has 0 unspecified atom stereocenters. The van der Waals surface area contributed by atoms with Gasteiger partial charge in [-0.2, -0.15) is 0 Å². The third kappa shape index (κ3) is 2.55. The molecule has 0 aromatic heterocycles. The normalized spacial score (nSPS) is 39.1. The summed E-state index contributed by atoms with van der Waals surface area (Å²) < 4.78 is 5.36. The number of carbonyl (C=O) groups is 2. The molecule has 5 rings (SSSR count). The molecular weight excluding hydrogens is 348 g/mol. The van der Waals surface area contributed by atoms with Crippen LogP contribution in [-0.4, -0.2) is 18.7 Å². The van der Waals surface area contributed by atoms with E-state index in [0.717, 1.165) is 25.0 Å². The first-order valence-corrected chi connectivity index (χ1v) is 10.6. The minimum Gasteiger partial charge on any atom is -0.497 e. The number of allylic oxidation sites excluding steroid dienone is 4. The van der Waals surface area contributed by atoms with Crippen LogP contribution < -0.4 is 4.74 Å². The molecule has 2 fully saturated rings. The average molecular weight is 376 g/mol. The number of rotatable bonds is 2. The zero-order valence-corrected chi connectivity index (χ0v) is 16.7. The first-order valence-electron chi connectivity index (χ1n) is 10.6. The van der Waals surface area contributed by atoms with Crippen molar-refractivity contribution in [2.75, 3.05) is 7.11 Å². The number of Topliss-reactive ketones (excluding diaryl/α,β-unsaturated/α-hetero) is 1. The van der Waals surface area contributed by atoms with E-state index in [1.807, 2.05) is 18.2 Å². The lowest BCUT2D eigenvalue weighted by atomic mass is 9.48. The largest absolute Gasteiger partial charge is 0.497 e. The highest BCUT2D eigenvalue weighted by molar-refractivity contribution is 5.97. The minimum atomic E-state index is -0.290. The van der Waals surface area contributed by atoms with Gasteiger partial charge in [0.05, 0.1) is 7.11 Å². The van der Waals surface area contributed by atoms with Gasteiger partial charge < -0.3 is 4.74 Å². The Morgan fingerprint density at radius 3 is 2.64 bits per heavy atom. The van der Waals surface area contributed by atoms with Crippen LogP contribution in [0.5, 0.6) is 5.75 Å². The van der Waals surface area contributed by atoms with Gasteiger partial charge in [-0.25, -0.2) is 0 Å². The molecule has 0 N–H and O–H groups in total. The Bertz CT molecular complexity index is 878. The monoisotopic (exact) mass is 376 g/mol. The molecule has 1 aromatic carbocycles. The second kappa shape index (κ2) is 6.43. The van der Waals surface area contributed by atoms with Crippen LogP contribution >= 0.6 is 0 Å². The molecule has 4 aliphatic rings. The van der Waals surface area contributed by atoms with Crippen molar-refractivity contribution in [1.82, 2.24) is 0 Å². The van der Waals surface area contributed by atoms with Gasteiger partial charge in [0, 0.05) is 18.3 Å². The number of benzene rings is 1. The topological polar surface area (TPSA) is 43.4 Å². The van der Waals surface area contributed by atoms with E-state index in [0.29, 0.717) is 54.0 Å². The van der Waals surface area contributed by atoms with Gasteiger partial charge >= 0.3 is 0 Å². The fraction of sp³-hybridized carbons (Fsp3) is 0.520. The van der Waals surface area contributed by atoms with Crippen LogP contribution in [0.1, 0.15) is 50.5 Å². The summed E-state index contributed by atoms with van der Waals surface area (Å²) >= 11 is 0. The number of fused-ring (bicyclic) bond motifs is 5.